The summed E-state index contributed by atoms with van der Waals surface area (Å²) in [6, 6.07) is 2.88. The van der Waals surface area contributed by atoms with E-state index in [1.54, 1.807) is 6.20 Å². The highest BCUT2D eigenvalue weighted by Crippen LogP contribution is 2.14. The van der Waals surface area contributed by atoms with Crippen molar-refractivity contribution in [1.29, 1.82) is 0 Å². The first-order valence-corrected chi connectivity index (χ1v) is 11.4. The van der Waals surface area contributed by atoms with Crippen molar-refractivity contribution in [2.75, 3.05) is 6.61 Å². The Morgan fingerprint density at radius 2 is 2.20 bits per heavy atom. The number of ether oxygens (including phenoxy) is 1. The molecule has 0 fully saturated rings. The molecule has 20 heavy (non-hydrogen) atoms. The van der Waals surface area contributed by atoms with Gasteiger partial charge in [-0.15, -0.1) is 0 Å². The Hall–Kier alpha value is -0.923. The standard InChI is InChI=1S/C13H19BrN2O3Si/c1-20(2,3)5-4-18-9-16-12-11(19-13(16)17)6-10(7-14)8-15-12/h6,8H,4-5,7,9H2,1-3H3. The van der Waals surface area contributed by atoms with Crippen LogP contribution in [0.5, 0.6) is 0 Å². The van der Waals surface area contributed by atoms with Crippen LogP contribution in [-0.4, -0.2) is 24.2 Å². The maximum atomic E-state index is 11.8. The van der Waals surface area contributed by atoms with Crippen LogP contribution >= 0.6 is 15.9 Å². The summed E-state index contributed by atoms with van der Waals surface area (Å²) in [5.41, 5.74) is 2.01. The van der Waals surface area contributed by atoms with Crippen molar-refractivity contribution >= 4 is 35.2 Å². The predicted octanol–water partition coefficient (Wildman–Crippen LogP) is 3.20. The molecule has 0 amide bonds. The highest BCUT2D eigenvalue weighted by atomic mass is 79.9. The number of aromatic nitrogens is 2. The third-order valence-electron chi connectivity index (χ3n) is 2.93. The van der Waals surface area contributed by atoms with Crippen LogP contribution < -0.4 is 5.76 Å². The van der Waals surface area contributed by atoms with Gasteiger partial charge in [0.15, 0.2) is 11.2 Å². The predicted molar refractivity (Wildman–Crippen MR) is 85.0 cm³/mol. The summed E-state index contributed by atoms with van der Waals surface area (Å²) in [5, 5.41) is 0.678. The van der Waals surface area contributed by atoms with Gasteiger partial charge in [0.05, 0.1) is 0 Å². The van der Waals surface area contributed by atoms with E-state index in [1.165, 1.54) is 4.57 Å². The van der Waals surface area contributed by atoms with Crippen molar-refractivity contribution in [2.24, 2.45) is 0 Å². The Morgan fingerprint density at radius 1 is 1.45 bits per heavy atom. The summed E-state index contributed by atoms with van der Waals surface area (Å²) in [7, 11) is -1.12. The molecule has 0 saturated carbocycles. The van der Waals surface area contributed by atoms with Gasteiger partial charge in [0.25, 0.3) is 0 Å². The van der Waals surface area contributed by atoms with E-state index in [4.69, 9.17) is 9.15 Å². The normalized spacial score (nSPS) is 12.2. The van der Waals surface area contributed by atoms with Gasteiger partial charge >= 0.3 is 5.76 Å². The summed E-state index contributed by atoms with van der Waals surface area (Å²) in [6.07, 6.45) is 1.73. The molecule has 0 atom stereocenters. The van der Waals surface area contributed by atoms with Crippen LogP contribution in [0, 0.1) is 0 Å². The van der Waals surface area contributed by atoms with Gasteiger partial charge < -0.3 is 9.15 Å². The quantitative estimate of drug-likeness (QED) is 0.452. The van der Waals surface area contributed by atoms with Gasteiger partial charge in [-0.05, 0) is 17.7 Å². The zero-order chi connectivity index (χ0) is 14.8. The average molecular weight is 359 g/mol. The van der Waals surface area contributed by atoms with Crippen molar-refractivity contribution in [2.45, 2.75) is 37.7 Å². The van der Waals surface area contributed by atoms with Gasteiger partial charge in [0, 0.05) is 26.2 Å². The lowest BCUT2D eigenvalue weighted by Crippen LogP contribution is -2.23. The molecule has 0 aliphatic rings. The zero-order valence-electron chi connectivity index (χ0n) is 12.0. The van der Waals surface area contributed by atoms with Crippen LogP contribution in [0.4, 0.5) is 0 Å². The minimum Gasteiger partial charge on any atom is -0.406 e. The molecular formula is C13H19BrN2O3Si. The molecule has 110 valence electrons. The maximum absolute atomic E-state index is 11.8. The molecular weight excluding hydrogens is 340 g/mol. The second-order valence-corrected chi connectivity index (χ2v) is 12.1. The van der Waals surface area contributed by atoms with Gasteiger partial charge in [-0.25, -0.2) is 14.3 Å². The van der Waals surface area contributed by atoms with E-state index >= 15 is 0 Å². The number of alkyl halides is 1. The van der Waals surface area contributed by atoms with Gasteiger partial charge in [0.2, 0.25) is 0 Å². The first-order valence-electron chi connectivity index (χ1n) is 6.53. The average Bonchev–Trinajstić information content (AvgIpc) is 2.68. The number of hydrogen-bond donors (Lipinski definition) is 0. The molecule has 2 heterocycles. The van der Waals surface area contributed by atoms with Gasteiger partial charge in [0.1, 0.15) is 6.73 Å². The molecule has 2 aromatic rings. The van der Waals surface area contributed by atoms with E-state index in [-0.39, 0.29) is 6.73 Å². The van der Waals surface area contributed by atoms with Gasteiger partial charge in [-0.3, -0.25) is 0 Å². The molecule has 5 nitrogen and oxygen atoms in total. The molecule has 0 N–H and O–H groups in total. The second-order valence-electron chi connectivity index (χ2n) is 5.94. The van der Waals surface area contributed by atoms with E-state index in [0.29, 0.717) is 23.2 Å². The van der Waals surface area contributed by atoms with Gasteiger partial charge in [-0.2, -0.15) is 0 Å². The third kappa shape index (κ3) is 3.80. The molecule has 2 aromatic heterocycles. The fraction of sp³-hybridized carbons (Fsp3) is 0.538. The first-order chi connectivity index (χ1) is 9.40. The van der Waals surface area contributed by atoms with E-state index in [1.807, 2.05) is 6.07 Å². The van der Waals surface area contributed by atoms with Crippen molar-refractivity contribution in [3.05, 3.63) is 28.4 Å². The number of halogens is 1. The lowest BCUT2D eigenvalue weighted by Gasteiger charge is -2.15. The fourth-order valence-electron chi connectivity index (χ4n) is 1.71. The van der Waals surface area contributed by atoms with Gasteiger partial charge in [-0.1, -0.05) is 35.6 Å². The van der Waals surface area contributed by atoms with Crippen LogP contribution in [-0.2, 0) is 16.8 Å². The molecule has 0 aliphatic heterocycles. The molecule has 2 rings (SSSR count). The van der Waals surface area contributed by atoms with Crippen molar-refractivity contribution in [3.8, 4) is 0 Å². The summed E-state index contributed by atoms with van der Waals surface area (Å²) < 4.78 is 12.2. The molecule has 0 unspecified atom stereocenters. The monoisotopic (exact) mass is 358 g/mol. The number of fused-ring (bicyclic) bond motifs is 1. The van der Waals surface area contributed by atoms with Crippen molar-refractivity contribution in [1.82, 2.24) is 9.55 Å². The second kappa shape index (κ2) is 6.24. The van der Waals surface area contributed by atoms with Crippen molar-refractivity contribution < 1.29 is 9.15 Å². The number of pyridine rings is 1. The Bertz CT molecular complexity index is 645. The van der Waals surface area contributed by atoms with E-state index in [9.17, 15) is 4.79 Å². The number of hydrogen-bond acceptors (Lipinski definition) is 4. The molecule has 0 bridgehead atoms. The van der Waals surface area contributed by atoms with E-state index in [0.717, 1.165) is 11.6 Å². The summed E-state index contributed by atoms with van der Waals surface area (Å²) in [6.45, 7) is 7.72. The summed E-state index contributed by atoms with van der Waals surface area (Å²) >= 11 is 3.35. The molecule has 7 heteroatoms. The molecule has 0 saturated heterocycles. The van der Waals surface area contributed by atoms with Crippen LogP contribution in [0.1, 0.15) is 5.56 Å². The van der Waals surface area contributed by atoms with Crippen LogP contribution in [0.25, 0.3) is 11.2 Å². The Labute approximate surface area is 127 Å². The minimum absolute atomic E-state index is 0.191. The van der Waals surface area contributed by atoms with Crippen LogP contribution in [0.3, 0.4) is 0 Å². The lowest BCUT2D eigenvalue weighted by atomic mass is 10.3. The highest BCUT2D eigenvalue weighted by Gasteiger charge is 2.14. The SMILES string of the molecule is C[Si](C)(C)CCOCn1c(=O)oc2cc(CBr)cnc21. The number of oxazole rings is 1. The maximum Gasteiger partial charge on any atom is 0.423 e. The molecule has 0 spiro atoms. The van der Waals surface area contributed by atoms with E-state index in [2.05, 4.69) is 40.6 Å². The van der Waals surface area contributed by atoms with Crippen molar-refractivity contribution in [3.63, 3.8) is 0 Å². The number of rotatable bonds is 6. The third-order valence-corrected chi connectivity index (χ3v) is 5.29. The highest BCUT2D eigenvalue weighted by molar-refractivity contribution is 9.08. The molecule has 0 aliphatic carbocycles. The fourth-order valence-corrected chi connectivity index (χ4v) is 2.78. The summed E-state index contributed by atoms with van der Waals surface area (Å²) in [4.78, 5) is 16.1. The molecule has 0 aromatic carbocycles. The number of nitrogens with zero attached hydrogens (tertiary/aromatic N) is 2. The smallest absolute Gasteiger partial charge is 0.406 e. The van der Waals surface area contributed by atoms with Crippen LogP contribution in [0.15, 0.2) is 21.5 Å². The first kappa shape index (κ1) is 15.5. The Balaban J connectivity index is 2.10. The largest absolute Gasteiger partial charge is 0.423 e. The lowest BCUT2D eigenvalue weighted by molar-refractivity contribution is 0.0847. The Morgan fingerprint density at radius 3 is 2.85 bits per heavy atom. The van der Waals surface area contributed by atoms with E-state index < -0.39 is 13.8 Å². The Kier molecular flexibility index (Phi) is 4.82. The van der Waals surface area contributed by atoms with Crippen LogP contribution in [0.2, 0.25) is 25.7 Å². The minimum atomic E-state index is -1.12. The summed E-state index contributed by atoms with van der Waals surface area (Å²) in [5.74, 6) is -0.424. The topological polar surface area (TPSA) is 57.3 Å². The molecule has 0 radical (unpaired) electrons. The zero-order valence-corrected chi connectivity index (χ0v) is 14.6.